The van der Waals surface area contributed by atoms with Gasteiger partial charge in [-0.3, -0.25) is 0 Å². The fraction of sp³-hybridized carbons (Fsp3) is 0.538. The zero-order valence-electron chi connectivity index (χ0n) is 10.6. The van der Waals surface area contributed by atoms with Crippen LogP contribution in [-0.2, 0) is 0 Å². The lowest BCUT2D eigenvalue weighted by molar-refractivity contribution is -0.126. The molecular formula is C13H19F3N2. The van der Waals surface area contributed by atoms with Crippen molar-refractivity contribution < 1.29 is 13.2 Å². The van der Waals surface area contributed by atoms with Crippen LogP contribution in [0.25, 0.3) is 0 Å². The SMILES string of the molecule is CC(C)c1ccc(C(CN)NCC(F)(F)F)cc1. The van der Waals surface area contributed by atoms with E-state index in [0.29, 0.717) is 5.92 Å². The zero-order chi connectivity index (χ0) is 13.8. The fourth-order valence-corrected chi connectivity index (χ4v) is 1.69. The maximum atomic E-state index is 12.1. The summed E-state index contributed by atoms with van der Waals surface area (Å²) in [5.41, 5.74) is 7.44. The number of hydrogen-bond acceptors (Lipinski definition) is 2. The lowest BCUT2D eigenvalue weighted by Crippen LogP contribution is -2.35. The molecule has 18 heavy (non-hydrogen) atoms. The number of nitrogens with one attached hydrogen (secondary N) is 1. The molecule has 3 N–H and O–H groups in total. The van der Waals surface area contributed by atoms with Crippen LogP contribution in [-0.4, -0.2) is 19.3 Å². The number of rotatable bonds is 5. The molecule has 0 heterocycles. The molecule has 0 spiro atoms. The molecule has 1 aromatic rings. The van der Waals surface area contributed by atoms with Crippen molar-refractivity contribution in [1.82, 2.24) is 5.32 Å². The first-order valence-electron chi connectivity index (χ1n) is 5.93. The molecule has 0 saturated carbocycles. The summed E-state index contributed by atoms with van der Waals surface area (Å²) in [4.78, 5) is 0. The van der Waals surface area contributed by atoms with Crippen molar-refractivity contribution in [3.63, 3.8) is 0 Å². The molecule has 0 radical (unpaired) electrons. The lowest BCUT2D eigenvalue weighted by Gasteiger charge is -2.19. The Bertz CT molecular complexity index is 357. The second-order valence-electron chi connectivity index (χ2n) is 4.61. The van der Waals surface area contributed by atoms with Gasteiger partial charge in [0.15, 0.2) is 0 Å². The Labute approximate surface area is 105 Å². The third-order valence-corrected chi connectivity index (χ3v) is 2.79. The van der Waals surface area contributed by atoms with E-state index in [1.54, 1.807) is 0 Å². The van der Waals surface area contributed by atoms with E-state index >= 15 is 0 Å². The van der Waals surface area contributed by atoms with Gasteiger partial charge in [0.1, 0.15) is 0 Å². The van der Waals surface area contributed by atoms with Crippen LogP contribution in [0.4, 0.5) is 13.2 Å². The number of hydrogen-bond donors (Lipinski definition) is 2. The molecule has 0 aliphatic rings. The van der Waals surface area contributed by atoms with Gasteiger partial charge in [-0.1, -0.05) is 38.1 Å². The van der Waals surface area contributed by atoms with Gasteiger partial charge in [0, 0.05) is 12.6 Å². The van der Waals surface area contributed by atoms with Crippen LogP contribution >= 0.6 is 0 Å². The highest BCUT2D eigenvalue weighted by Crippen LogP contribution is 2.20. The van der Waals surface area contributed by atoms with Gasteiger partial charge >= 0.3 is 6.18 Å². The van der Waals surface area contributed by atoms with E-state index in [1.165, 1.54) is 0 Å². The van der Waals surface area contributed by atoms with Crippen LogP contribution in [0.2, 0.25) is 0 Å². The lowest BCUT2D eigenvalue weighted by atomic mass is 9.99. The molecule has 0 aromatic heterocycles. The maximum Gasteiger partial charge on any atom is 0.401 e. The molecule has 2 nitrogen and oxygen atoms in total. The van der Waals surface area contributed by atoms with E-state index in [2.05, 4.69) is 19.2 Å². The first kappa shape index (κ1) is 15.0. The summed E-state index contributed by atoms with van der Waals surface area (Å²) < 4.78 is 36.4. The predicted octanol–water partition coefficient (Wildman–Crippen LogP) is 2.96. The fourth-order valence-electron chi connectivity index (χ4n) is 1.69. The smallest absolute Gasteiger partial charge is 0.329 e. The molecule has 1 rings (SSSR count). The van der Waals surface area contributed by atoms with Crippen LogP contribution in [0.1, 0.15) is 36.9 Å². The minimum Gasteiger partial charge on any atom is -0.329 e. The van der Waals surface area contributed by atoms with Gasteiger partial charge in [0.2, 0.25) is 0 Å². The molecule has 102 valence electrons. The maximum absolute atomic E-state index is 12.1. The van der Waals surface area contributed by atoms with E-state index in [9.17, 15) is 13.2 Å². The Balaban J connectivity index is 2.70. The molecule has 0 fully saturated rings. The second-order valence-corrected chi connectivity index (χ2v) is 4.61. The van der Waals surface area contributed by atoms with Crippen molar-refractivity contribution in [2.24, 2.45) is 5.73 Å². The Hall–Kier alpha value is -1.07. The Morgan fingerprint density at radius 1 is 1.11 bits per heavy atom. The second kappa shape index (κ2) is 6.20. The normalized spacial score (nSPS) is 13.9. The summed E-state index contributed by atoms with van der Waals surface area (Å²) in [6, 6.07) is 7.05. The Morgan fingerprint density at radius 2 is 1.61 bits per heavy atom. The Kier molecular flexibility index (Phi) is 5.16. The van der Waals surface area contributed by atoms with Gasteiger partial charge in [0.05, 0.1) is 6.54 Å². The van der Waals surface area contributed by atoms with Crippen molar-refractivity contribution in [1.29, 1.82) is 0 Å². The minimum atomic E-state index is -4.22. The van der Waals surface area contributed by atoms with E-state index < -0.39 is 18.8 Å². The van der Waals surface area contributed by atoms with E-state index in [4.69, 9.17) is 5.73 Å². The minimum absolute atomic E-state index is 0.136. The molecule has 0 saturated heterocycles. The van der Waals surface area contributed by atoms with E-state index in [-0.39, 0.29) is 6.54 Å². The number of alkyl halides is 3. The first-order chi connectivity index (χ1) is 8.33. The van der Waals surface area contributed by atoms with Gasteiger partial charge in [-0.25, -0.2) is 0 Å². The highest BCUT2D eigenvalue weighted by atomic mass is 19.4. The summed E-state index contributed by atoms with van der Waals surface area (Å²) in [6.45, 7) is 3.24. The molecule has 0 amide bonds. The average molecular weight is 260 g/mol. The van der Waals surface area contributed by atoms with Gasteiger partial charge < -0.3 is 11.1 Å². The third-order valence-electron chi connectivity index (χ3n) is 2.79. The monoisotopic (exact) mass is 260 g/mol. The number of benzene rings is 1. The number of halogens is 3. The van der Waals surface area contributed by atoms with Crippen LogP contribution in [0.5, 0.6) is 0 Å². The van der Waals surface area contributed by atoms with Crippen molar-refractivity contribution in [3.05, 3.63) is 35.4 Å². The van der Waals surface area contributed by atoms with Gasteiger partial charge in [-0.15, -0.1) is 0 Å². The predicted molar refractivity (Wildman–Crippen MR) is 66.4 cm³/mol. The molecule has 1 atom stereocenters. The van der Waals surface area contributed by atoms with Gasteiger partial charge in [0.25, 0.3) is 0 Å². The van der Waals surface area contributed by atoms with Crippen molar-refractivity contribution in [3.8, 4) is 0 Å². The van der Waals surface area contributed by atoms with E-state index in [1.807, 2.05) is 24.3 Å². The molecule has 0 aliphatic carbocycles. The van der Waals surface area contributed by atoms with Crippen molar-refractivity contribution in [2.75, 3.05) is 13.1 Å². The number of nitrogens with two attached hydrogens (primary N) is 1. The zero-order valence-corrected chi connectivity index (χ0v) is 10.6. The highest BCUT2D eigenvalue weighted by Gasteiger charge is 2.28. The van der Waals surface area contributed by atoms with Crippen LogP contribution in [0.15, 0.2) is 24.3 Å². The Morgan fingerprint density at radius 3 is 2.00 bits per heavy atom. The summed E-state index contributed by atoms with van der Waals surface area (Å²) in [7, 11) is 0. The van der Waals surface area contributed by atoms with E-state index in [0.717, 1.165) is 11.1 Å². The first-order valence-corrected chi connectivity index (χ1v) is 5.93. The largest absolute Gasteiger partial charge is 0.401 e. The van der Waals surface area contributed by atoms with Crippen LogP contribution in [0.3, 0.4) is 0 Å². The molecule has 5 heteroatoms. The van der Waals surface area contributed by atoms with Crippen LogP contribution in [0, 0.1) is 0 Å². The topological polar surface area (TPSA) is 38.0 Å². The molecule has 0 bridgehead atoms. The quantitative estimate of drug-likeness (QED) is 0.854. The molecule has 0 aliphatic heterocycles. The molecule has 1 aromatic carbocycles. The summed E-state index contributed by atoms with van der Waals surface area (Å²) >= 11 is 0. The summed E-state index contributed by atoms with van der Waals surface area (Å²) in [5.74, 6) is 0.401. The molecule has 1 unspecified atom stereocenters. The summed E-state index contributed by atoms with van der Waals surface area (Å²) in [5, 5.41) is 2.42. The van der Waals surface area contributed by atoms with Gasteiger partial charge in [-0.2, -0.15) is 13.2 Å². The standard InChI is InChI=1S/C13H19F3N2/c1-9(2)10-3-5-11(6-4-10)12(7-17)18-8-13(14,15)16/h3-6,9,12,18H,7-8,17H2,1-2H3. The molecular weight excluding hydrogens is 241 g/mol. The van der Waals surface area contributed by atoms with Crippen molar-refractivity contribution >= 4 is 0 Å². The third kappa shape index (κ3) is 4.66. The highest BCUT2D eigenvalue weighted by molar-refractivity contribution is 5.27. The van der Waals surface area contributed by atoms with Crippen molar-refractivity contribution in [2.45, 2.75) is 32.0 Å². The summed E-state index contributed by atoms with van der Waals surface area (Å²) in [6.07, 6.45) is -4.22. The van der Waals surface area contributed by atoms with Gasteiger partial charge in [-0.05, 0) is 17.0 Å². The average Bonchev–Trinajstić information content (AvgIpc) is 2.29. The van der Waals surface area contributed by atoms with Crippen LogP contribution < -0.4 is 11.1 Å².